The van der Waals surface area contributed by atoms with Crippen molar-refractivity contribution in [2.24, 2.45) is 0 Å². The van der Waals surface area contributed by atoms with Crippen molar-refractivity contribution in [3.63, 3.8) is 0 Å². The van der Waals surface area contributed by atoms with E-state index in [0.717, 1.165) is 22.9 Å². The van der Waals surface area contributed by atoms with Crippen LogP contribution in [-0.4, -0.2) is 20.2 Å². The Morgan fingerprint density at radius 2 is 2.23 bits per heavy atom. The topological polar surface area (TPSA) is 21.3 Å². The highest BCUT2D eigenvalue weighted by Crippen LogP contribution is 2.21. The van der Waals surface area contributed by atoms with Gasteiger partial charge in [-0.05, 0) is 37.7 Å². The molecule has 0 aromatic heterocycles. The van der Waals surface area contributed by atoms with Crippen LogP contribution in [0.4, 0.5) is 0 Å². The zero-order valence-electron chi connectivity index (χ0n) is 7.93. The number of halogens is 1. The van der Waals surface area contributed by atoms with Gasteiger partial charge in [0.1, 0.15) is 12.4 Å². The van der Waals surface area contributed by atoms with E-state index in [1.165, 1.54) is 0 Å². The molecule has 0 atom stereocenters. The molecule has 0 aliphatic rings. The molecule has 72 valence electrons. The van der Waals surface area contributed by atoms with Gasteiger partial charge in [-0.1, -0.05) is 11.6 Å². The maximum absolute atomic E-state index is 5.81. The Kier molecular flexibility index (Phi) is 4.06. The Morgan fingerprint density at radius 1 is 1.46 bits per heavy atom. The summed E-state index contributed by atoms with van der Waals surface area (Å²) in [6.45, 7) is 3.52. The molecule has 2 nitrogen and oxygen atoms in total. The molecule has 0 saturated heterocycles. The monoisotopic (exact) mass is 199 g/mol. The lowest BCUT2D eigenvalue weighted by atomic mass is 10.2. The van der Waals surface area contributed by atoms with Crippen molar-refractivity contribution in [3.05, 3.63) is 28.8 Å². The number of nitrogens with one attached hydrogen (secondary N) is 1. The minimum atomic E-state index is 0.680. The molecule has 1 aromatic rings. The van der Waals surface area contributed by atoms with Crippen LogP contribution in [-0.2, 0) is 0 Å². The Bertz CT molecular complexity index is 276. The highest BCUT2D eigenvalue weighted by molar-refractivity contribution is 6.30. The summed E-state index contributed by atoms with van der Waals surface area (Å²) in [5, 5.41) is 3.77. The van der Waals surface area contributed by atoms with E-state index in [4.69, 9.17) is 16.3 Å². The van der Waals surface area contributed by atoms with Crippen LogP contribution in [0.3, 0.4) is 0 Å². The van der Waals surface area contributed by atoms with Gasteiger partial charge in [0.05, 0.1) is 0 Å². The van der Waals surface area contributed by atoms with E-state index >= 15 is 0 Å². The molecule has 3 heteroatoms. The van der Waals surface area contributed by atoms with E-state index in [1.54, 1.807) is 0 Å². The number of hydrogen-bond acceptors (Lipinski definition) is 2. The molecule has 1 aromatic carbocycles. The van der Waals surface area contributed by atoms with Crippen LogP contribution in [0.2, 0.25) is 5.02 Å². The minimum absolute atomic E-state index is 0.680. The number of rotatable bonds is 4. The molecule has 1 N–H and O–H groups in total. The Balaban J connectivity index is 2.56. The molecule has 0 aliphatic heterocycles. The Labute approximate surface area is 83.9 Å². The molecule has 0 saturated carbocycles. The number of benzene rings is 1. The number of hydrogen-bond donors (Lipinski definition) is 1. The lowest BCUT2D eigenvalue weighted by Gasteiger charge is -2.08. The predicted octanol–water partition coefficient (Wildman–Crippen LogP) is 2.25. The van der Waals surface area contributed by atoms with E-state index in [2.05, 4.69) is 5.32 Å². The quantitative estimate of drug-likeness (QED) is 0.752. The van der Waals surface area contributed by atoms with Crippen LogP contribution in [0.15, 0.2) is 18.2 Å². The van der Waals surface area contributed by atoms with Gasteiger partial charge in [-0.2, -0.15) is 0 Å². The molecule has 0 fully saturated rings. The van der Waals surface area contributed by atoms with E-state index in [9.17, 15) is 0 Å². The standard InChI is InChI=1S/C10H14ClNO/c1-8-7-9(11)3-4-10(8)13-6-5-12-2/h3-4,7,12H,5-6H2,1-2H3. The molecule has 0 amide bonds. The molecule has 0 unspecified atom stereocenters. The highest BCUT2D eigenvalue weighted by atomic mass is 35.5. The average molecular weight is 200 g/mol. The lowest BCUT2D eigenvalue weighted by molar-refractivity contribution is 0.316. The van der Waals surface area contributed by atoms with Crippen molar-refractivity contribution in [1.29, 1.82) is 0 Å². The van der Waals surface area contributed by atoms with Crippen LogP contribution in [0, 0.1) is 6.92 Å². The molecule has 1 rings (SSSR count). The fourth-order valence-corrected chi connectivity index (χ4v) is 1.26. The Hall–Kier alpha value is -0.730. The smallest absolute Gasteiger partial charge is 0.122 e. The zero-order chi connectivity index (χ0) is 9.68. The minimum Gasteiger partial charge on any atom is -0.492 e. The van der Waals surface area contributed by atoms with Gasteiger partial charge in [0.15, 0.2) is 0 Å². The first kappa shape index (κ1) is 10.4. The van der Waals surface area contributed by atoms with Crippen molar-refractivity contribution in [2.45, 2.75) is 6.92 Å². The summed E-state index contributed by atoms with van der Waals surface area (Å²) in [6, 6.07) is 5.63. The number of aryl methyl sites for hydroxylation is 1. The second kappa shape index (κ2) is 5.10. The summed E-state index contributed by atoms with van der Waals surface area (Å²) < 4.78 is 5.51. The van der Waals surface area contributed by atoms with Crippen LogP contribution in [0.5, 0.6) is 5.75 Å². The van der Waals surface area contributed by atoms with E-state index in [0.29, 0.717) is 6.61 Å². The molecule has 0 bridgehead atoms. The third-order valence-corrected chi connectivity index (χ3v) is 1.98. The predicted molar refractivity (Wildman–Crippen MR) is 55.6 cm³/mol. The fraction of sp³-hybridized carbons (Fsp3) is 0.400. The van der Waals surface area contributed by atoms with Gasteiger partial charge in [0.2, 0.25) is 0 Å². The molecule has 0 radical (unpaired) electrons. The normalized spacial score (nSPS) is 10.1. The van der Waals surface area contributed by atoms with Crippen LogP contribution in [0.25, 0.3) is 0 Å². The number of likely N-dealkylation sites (N-methyl/N-ethyl adjacent to an activating group) is 1. The van der Waals surface area contributed by atoms with Gasteiger partial charge in [-0.3, -0.25) is 0 Å². The third-order valence-electron chi connectivity index (χ3n) is 1.75. The second-order valence-electron chi connectivity index (χ2n) is 2.86. The molecule has 0 heterocycles. The molecular weight excluding hydrogens is 186 g/mol. The molecule has 0 aliphatic carbocycles. The maximum Gasteiger partial charge on any atom is 0.122 e. The van der Waals surface area contributed by atoms with Gasteiger partial charge in [-0.15, -0.1) is 0 Å². The van der Waals surface area contributed by atoms with Gasteiger partial charge < -0.3 is 10.1 Å². The molecule has 13 heavy (non-hydrogen) atoms. The summed E-state index contributed by atoms with van der Waals surface area (Å²) in [5.41, 5.74) is 1.07. The van der Waals surface area contributed by atoms with Crippen LogP contribution < -0.4 is 10.1 Å². The first-order valence-electron chi connectivity index (χ1n) is 4.27. The van der Waals surface area contributed by atoms with Crippen molar-refractivity contribution in [3.8, 4) is 5.75 Å². The lowest BCUT2D eigenvalue weighted by Crippen LogP contribution is -2.16. The summed E-state index contributed by atoms with van der Waals surface area (Å²) in [5.74, 6) is 0.902. The van der Waals surface area contributed by atoms with Crippen molar-refractivity contribution in [1.82, 2.24) is 5.32 Å². The van der Waals surface area contributed by atoms with Crippen LogP contribution in [0.1, 0.15) is 5.56 Å². The summed E-state index contributed by atoms with van der Waals surface area (Å²) >= 11 is 5.81. The average Bonchev–Trinajstić information content (AvgIpc) is 2.09. The van der Waals surface area contributed by atoms with E-state index in [1.807, 2.05) is 32.2 Å². The maximum atomic E-state index is 5.81. The van der Waals surface area contributed by atoms with E-state index < -0.39 is 0 Å². The summed E-state index contributed by atoms with van der Waals surface area (Å²) in [6.07, 6.45) is 0. The SMILES string of the molecule is CNCCOc1ccc(Cl)cc1C. The molecular formula is C10H14ClNO. The van der Waals surface area contributed by atoms with E-state index in [-0.39, 0.29) is 0 Å². The second-order valence-corrected chi connectivity index (χ2v) is 3.30. The fourth-order valence-electron chi connectivity index (χ4n) is 1.04. The van der Waals surface area contributed by atoms with Gasteiger partial charge in [-0.25, -0.2) is 0 Å². The summed E-state index contributed by atoms with van der Waals surface area (Å²) in [7, 11) is 1.90. The third kappa shape index (κ3) is 3.25. The van der Waals surface area contributed by atoms with Gasteiger partial charge in [0, 0.05) is 11.6 Å². The first-order valence-corrected chi connectivity index (χ1v) is 4.65. The molecule has 0 spiro atoms. The van der Waals surface area contributed by atoms with Crippen LogP contribution >= 0.6 is 11.6 Å². The highest BCUT2D eigenvalue weighted by Gasteiger charge is 1.98. The van der Waals surface area contributed by atoms with Gasteiger partial charge >= 0.3 is 0 Å². The first-order chi connectivity index (χ1) is 6.24. The Morgan fingerprint density at radius 3 is 2.85 bits per heavy atom. The van der Waals surface area contributed by atoms with Crippen molar-refractivity contribution in [2.75, 3.05) is 20.2 Å². The summed E-state index contributed by atoms with van der Waals surface area (Å²) in [4.78, 5) is 0. The zero-order valence-corrected chi connectivity index (χ0v) is 8.69. The van der Waals surface area contributed by atoms with Gasteiger partial charge in [0.25, 0.3) is 0 Å². The van der Waals surface area contributed by atoms with Crippen molar-refractivity contribution >= 4 is 11.6 Å². The number of ether oxygens (including phenoxy) is 1. The largest absolute Gasteiger partial charge is 0.492 e. The van der Waals surface area contributed by atoms with Crippen molar-refractivity contribution < 1.29 is 4.74 Å².